The van der Waals surface area contributed by atoms with Crippen LogP contribution < -0.4 is 5.32 Å². The van der Waals surface area contributed by atoms with Crippen molar-refractivity contribution < 1.29 is 14.3 Å². The third-order valence-electron chi connectivity index (χ3n) is 3.81. The minimum Gasteiger partial charge on any atom is -0.448 e. The first-order chi connectivity index (χ1) is 10.9. The molecule has 2 rings (SSSR count). The van der Waals surface area contributed by atoms with Gasteiger partial charge in [0.15, 0.2) is 0 Å². The number of anilines is 1. The second-order valence-electron chi connectivity index (χ2n) is 5.67. The average molecular weight is 317 g/mol. The first-order valence-corrected chi connectivity index (χ1v) is 7.67. The number of carbonyl (C=O) groups excluding carboxylic acids is 2. The fourth-order valence-electron chi connectivity index (χ4n) is 2.26. The van der Waals surface area contributed by atoms with Crippen LogP contribution in [0, 0.1) is 6.92 Å². The Balaban J connectivity index is 2.17. The highest BCUT2D eigenvalue weighted by molar-refractivity contribution is 5.90. The highest BCUT2D eigenvalue weighted by atomic mass is 16.6. The van der Waals surface area contributed by atoms with Crippen LogP contribution in [0.2, 0.25) is 0 Å². The summed E-state index contributed by atoms with van der Waals surface area (Å²) in [6, 6.07) is 7.16. The molecule has 0 unspecified atom stereocenters. The van der Waals surface area contributed by atoms with E-state index in [2.05, 4.69) is 5.32 Å². The maximum atomic E-state index is 12.6. The normalized spacial score (nSPS) is 14.8. The minimum absolute atomic E-state index is 0.268. The maximum Gasteiger partial charge on any atom is 0.429 e. The summed E-state index contributed by atoms with van der Waals surface area (Å²) in [4.78, 5) is 24.7. The van der Waals surface area contributed by atoms with Crippen LogP contribution in [0.15, 0.2) is 35.4 Å². The zero-order valence-electron chi connectivity index (χ0n) is 14.0. The molecule has 0 aliphatic carbocycles. The molecule has 1 aromatic carbocycles. The van der Waals surface area contributed by atoms with Crippen LogP contribution in [0.3, 0.4) is 0 Å². The van der Waals surface area contributed by atoms with Gasteiger partial charge in [0.2, 0.25) is 0 Å². The highest BCUT2D eigenvalue weighted by Crippen LogP contribution is 2.20. The Morgan fingerprint density at radius 2 is 1.61 bits per heavy atom. The Hall–Kier alpha value is -2.50. The number of nitrogens with zero attached hydrogens (tertiary/aromatic N) is 2. The molecule has 124 valence electrons. The van der Waals surface area contributed by atoms with Gasteiger partial charge in [0.1, 0.15) is 0 Å². The number of amides is 3. The number of rotatable bonds is 2. The molecule has 0 radical (unpaired) electrons. The van der Waals surface area contributed by atoms with Crippen molar-refractivity contribution in [3.63, 3.8) is 0 Å². The van der Waals surface area contributed by atoms with Crippen LogP contribution >= 0.6 is 0 Å². The molecule has 23 heavy (non-hydrogen) atoms. The van der Waals surface area contributed by atoms with Gasteiger partial charge in [-0.1, -0.05) is 28.8 Å². The van der Waals surface area contributed by atoms with E-state index in [4.69, 9.17) is 4.74 Å². The summed E-state index contributed by atoms with van der Waals surface area (Å²) >= 11 is 0. The molecule has 3 amide bonds. The van der Waals surface area contributed by atoms with E-state index in [-0.39, 0.29) is 12.6 Å². The number of carbonyl (C=O) groups is 2. The van der Waals surface area contributed by atoms with Crippen molar-refractivity contribution in [3.8, 4) is 0 Å². The Labute approximate surface area is 136 Å². The summed E-state index contributed by atoms with van der Waals surface area (Å²) in [5.74, 6) is 0. The average Bonchev–Trinajstić information content (AvgIpc) is 2.52. The molecule has 0 saturated carbocycles. The fraction of sp³-hybridized carbons (Fsp3) is 0.412. The number of ether oxygens (including phenoxy) is 1. The molecule has 0 atom stereocenters. The number of nitrogens with one attached hydrogen (secondary N) is 1. The summed E-state index contributed by atoms with van der Waals surface area (Å²) in [6.45, 7) is 8.63. The van der Waals surface area contributed by atoms with Crippen molar-refractivity contribution in [2.75, 3.05) is 25.0 Å². The number of urea groups is 1. The summed E-state index contributed by atoms with van der Waals surface area (Å²) in [6.07, 6.45) is -0.515. The van der Waals surface area contributed by atoms with Gasteiger partial charge in [0, 0.05) is 5.69 Å². The number of hydrazine groups is 1. The lowest BCUT2D eigenvalue weighted by Gasteiger charge is -2.38. The van der Waals surface area contributed by atoms with Crippen molar-refractivity contribution in [3.05, 3.63) is 41.0 Å². The Bertz CT molecular complexity index is 622. The second-order valence-corrected chi connectivity index (χ2v) is 5.67. The molecule has 0 spiro atoms. The molecule has 1 aromatic rings. The van der Waals surface area contributed by atoms with E-state index in [9.17, 15) is 9.59 Å². The summed E-state index contributed by atoms with van der Waals surface area (Å²) in [5.41, 5.74) is 3.94. The fourth-order valence-corrected chi connectivity index (χ4v) is 2.26. The molecule has 6 nitrogen and oxygen atoms in total. The van der Waals surface area contributed by atoms with E-state index < -0.39 is 6.09 Å². The SMILES string of the molecule is CCOC(=O)N1CC(C)=C(C)CN1C(=O)Nc1ccc(C)cc1. The Morgan fingerprint density at radius 3 is 2.17 bits per heavy atom. The zero-order chi connectivity index (χ0) is 17.0. The van der Waals surface area contributed by atoms with Gasteiger partial charge in [-0.3, -0.25) is 0 Å². The lowest BCUT2D eigenvalue weighted by atomic mass is 10.1. The second kappa shape index (κ2) is 7.17. The highest BCUT2D eigenvalue weighted by Gasteiger charge is 2.31. The van der Waals surface area contributed by atoms with Gasteiger partial charge in [0.25, 0.3) is 0 Å². The van der Waals surface area contributed by atoms with E-state index in [1.165, 1.54) is 10.0 Å². The molecule has 1 aliphatic heterocycles. The monoisotopic (exact) mass is 317 g/mol. The third kappa shape index (κ3) is 4.03. The van der Waals surface area contributed by atoms with Crippen molar-refractivity contribution in [2.45, 2.75) is 27.7 Å². The maximum absolute atomic E-state index is 12.6. The lowest BCUT2D eigenvalue weighted by molar-refractivity contribution is 0.0153. The minimum atomic E-state index is -0.515. The predicted octanol–water partition coefficient (Wildman–Crippen LogP) is 3.55. The Morgan fingerprint density at radius 1 is 1.04 bits per heavy atom. The number of hydrogen-bond acceptors (Lipinski definition) is 3. The molecule has 1 aliphatic rings. The standard InChI is InChI=1S/C17H23N3O3/c1-5-23-17(22)20-11-14(4)13(3)10-19(20)16(21)18-15-8-6-12(2)7-9-15/h6-9H,5,10-11H2,1-4H3,(H,18,21). The zero-order valence-corrected chi connectivity index (χ0v) is 14.0. The topological polar surface area (TPSA) is 61.9 Å². The van der Waals surface area contributed by atoms with E-state index >= 15 is 0 Å². The van der Waals surface area contributed by atoms with Crippen molar-refractivity contribution in [1.29, 1.82) is 0 Å². The van der Waals surface area contributed by atoms with Crippen LogP contribution in [-0.2, 0) is 4.74 Å². The van der Waals surface area contributed by atoms with E-state index in [0.717, 1.165) is 16.7 Å². The molecule has 0 bridgehead atoms. The van der Waals surface area contributed by atoms with Gasteiger partial charge >= 0.3 is 12.1 Å². The van der Waals surface area contributed by atoms with Crippen molar-refractivity contribution in [2.24, 2.45) is 0 Å². The van der Waals surface area contributed by atoms with Gasteiger partial charge in [-0.15, -0.1) is 0 Å². The van der Waals surface area contributed by atoms with Crippen molar-refractivity contribution >= 4 is 17.8 Å². The summed E-state index contributed by atoms with van der Waals surface area (Å²) in [7, 11) is 0. The predicted molar refractivity (Wildman–Crippen MR) is 89.0 cm³/mol. The number of aryl methyl sites for hydroxylation is 1. The smallest absolute Gasteiger partial charge is 0.429 e. The van der Waals surface area contributed by atoms with Gasteiger partial charge in [-0.25, -0.2) is 19.6 Å². The lowest BCUT2D eigenvalue weighted by Crippen LogP contribution is -2.55. The summed E-state index contributed by atoms with van der Waals surface area (Å²) in [5, 5.41) is 5.55. The van der Waals surface area contributed by atoms with Crippen LogP contribution in [-0.4, -0.2) is 41.8 Å². The van der Waals surface area contributed by atoms with Crippen LogP contribution in [0.1, 0.15) is 26.3 Å². The van der Waals surface area contributed by atoms with E-state index in [0.29, 0.717) is 18.8 Å². The van der Waals surface area contributed by atoms with Gasteiger partial charge in [-0.2, -0.15) is 0 Å². The molecule has 0 fully saturated rings. The summed E-state index contributed by atoms with van der Waals surface area (Å²) < 4.78 is 5.05. The number of benzene rings is 1. The molecule has 0 aromatic heterocycles. The van der Waals surface area contributed by atoms with Gasteiger partial charge in [-0.05, 0) is 39.8 Å². The Kier molecular flexibility index (Phi) is 5.26. The van der Waals surface area contributed by atoms with Gasteiger partial charge < -0.3 is 10.1 Å². The third-order valence-corrected chi connectivity index (χ3v) is 3.81. The number of hydrogen-bond donors (Lipinski definition) is 1. The van der Waals surface area contributed by atoms with E-state index in [1.807, 2.05) is 45.0 Å². The molecule has 0 saturated heterocycles. The molecular weight excluding hydrogens is 294 g/mol. The molecule has 6 heteroatoms. The van der Waals surface area contributed by atoms with Crippen LogP contribution in [0.4, 0.5) is 15.3 Å². The van der Waals surface area contributed by atoms with Crippen LogP contribution in [0.5, 0.6) is 0 Å². The first-order valence-electron chi connectivity index (χ1n) is 7.67. The molecular formula is C17H23N3O3. The molecule has 1 heterocycles. The van der Waals surface area contributed by atoms with Gasteiger partial charge in [0.05, 0.1) is 19.7 Å². The van der Waals surface area contributed by atoms with Crippen LogP contribution in [0.25, 0.3) is 0 Å². The van der Waals surface area contributed by atoms with E-state index in [1.54, 1.807) is 6.92 Å². The quantitative estimate of drug-likeness (QED) is 0.849. The van der Waals surface area contributed by atoms with Crippen molar-refractivity contribution in [1.82, 2.24) is 10.0 Å². The largest absolute Gasteiger partial charge is 0.448 e. The first kappa shape index (κ1) is 16.9. The molecule has 1 N–H and O–H groups in total.